The van der Waals surface area contributed by atoms with Gasteiger partial charge in [-0.2, -0.15) is 0 Å². The average Bonchev–Trinajstić information content (AvgIpc) is 2.84. The second kappa shape index (κ2) is 13.3. The quantitative estimate of drug-likeness (QED) is 0.247. The highest BCUT2D eigenvalue weighted by atomic mass is 16.5. The van der Waals surface area contributed by atoms with E-state index < -0.39 is 0 Å². The Morgan fingerprint density at radius 1 is 0.800 bits per heavy atom. The van der Waals surface area contributed by atoms with Crippen LogP contribution in [0.15, 0.2) is 48.5 Å². The van der Waals surface area contributed by atoms with Crippen molar-refractivity contribution in [3.63, 3.8) is 0 Å². The molecule has 0 saturated heterocycles. The molecule has 0 aliphatic heterocycles. The molecular weight excluding hydrogens is 492 g/mol. The van der Waals surface area contributed by atoms with Gasteiger partial charge in [-0.15, -0.1) is 0 Å². The molecule has 2 aromatic rings. The van der Waals surface area contributed by atoms with E-state index in [2.05, 4.69) is 135 Å². The first-order chi connectivity index (χ1) is 18.5. The highest BCUT2D eigenvalue weighted by molar-refractivity contribution is 5.33. The second-order valence-electron chi connectivity index (χ2n) is 15.0. The topological polar surface area (TPSA) is 42.5 Å². The van der Waals surface area contributed by atoms with E-state index in [4.69, 9.17) is 9.47 Å². The lowest BCUT2D eigenvalue weighted by Crippen LogP contribution is -2.55. The van der Waals surface area contributed by atoms with Crippen LogP contribution in [0.25, 0.3) is 0 Å². The van der Waals surface area contributed by atoms with Crippen LogP contribution in [0.4, 0.5) is 0 Å². The molecule has 2 N–H and O–H groups in total. The van der Waals surface area contributed by atoms with Gasteiger partial charge in [0.05, 0.1) is 0 Å². The van der Waals surface area contributed by atoms with Gasteiger partial charge in [-0.05, 0) is 113 Å². The normalized spacial score (nSPS) is 19.7. The summed E-state index contributed by atoms with van der Waals surface area (Å²) in [6, 6.07) is 17.7. The van der Waals surface area contributed by atoms with E-state index in [0.29, 0.717) is 24.0 Å². The third-order valence-electron chi connectivity index (χ3n) is 8.66. The molecule has 2 atom stereocenters. The Bertz CT molecular complexity index is 1060. The first-order valence-corrected chi connectivity index (χ1v) is 15.6. The zero-order chi connectivity index (χ0) is 29.7. The fourth-order valence-electron chi connectivity index (χ4n) is 5.30. The average molecular weight is 551 g/mol. The van der Waals surface area contributed by atoms with Crippen LogP contribution in [0.5, 0.6) is 11.5 Å². The fraction of sp³-hybridized carbons (Fsp3) is 0.667. The van der Waals surface area contributed by atoms with Crippen molar-refractivity contribution in [2.24, 2.45) is 5.92 Å². The molecule has 1 aliphatic rings. The van der Waals surface area contributed by atoms with Crippen molar-refractivity contribution in [3.05, 3.63) is 59.7 Å². The van der Waals surface area contributed by atoms with Crippen LogP contribution >= 0.6 is 0 Å². The van der Waals surface area contributed by atoms with Gasteiger partial charge in [-0.3, -0.25) is 0 Å². The minimum Gasteiger partial charge on any atom is -0.490 e. The lowest BCUT2D eigenvalue weighted by atomic mass is 9.84. The second-order valence-corrected chi connectivity index (χ2v) is 15.0. The molecule has 0 bridgehead atoms. The summed E-state index contributed by atoms with van der Waals surface area (Å²) in [6.07, 6.45) is 4.73. The molecule has 4 heteroatoms. The van der Waals surface area contributed by atoms with E-state index in [1.54, 1.807) is 0 Å². The summed E-state index contributed by atoms with van der Waals surface area (Å²) in [5.74, 6) is 3.10. The van der Waals surface area contributed by atoms with Crippen LogP contribution < -0.4 is 20.1 Å². The number of hydrogen-bond donors (Lipinski definition) is 2. The van der Waals surface area contributed by atoms with Gasteiger partial charge in [0.25, 0.3) is 0 Å². The summed E-state index contributed by atoms with van der Waals surface area (Å²) in [5.41, 5.74) is 2.92. The molecule has 1 aliphatic carbocycles. The Kier molecular flexibility index (Phi) is 10.8. The van der Waals surface area contributed by atoms with Gasteiger partial charge >= 0.3 is 0 Å². The number of rotatable bonds is 14. The maximum absolute atomic E-state index is 6.31. The number of ether oxygens (including phenoxy) is 2. The Balaban J connectivity index is 1.39. The molecule has 1 fully saturated rings. The van der Waals surface area contributed by atoms with E-state index in [-0.39, 0.29) is 22.6 Å². The van der Waals surface area contributed by atoms with Crippen LogP contribution in [0, 0.1) is 5.92 Å². The lowest BCUT2D eigenvalue weighted by Gasteiger charge is -2.42. The van der Waals surface area contributed by atoms with Crippen LogP contribution in [-0.4, -0.2) is 35.9 Å². The summed E-state index contributed by atoms with van der Waals surface area (Å²) in [7, 11) is 0. The first kappa shape index (κ1) is 32.5. The summed E-state index contributed by atoms with van der Waals surface area (Å²) >= 11 is 0. The molecule has 0 radical (unpaired) electrons. The molecule has 2 aromatic carbocycles. The summed E-state index contributed by atoms with van der Waals surface area (Å²) in [5, 5.41) is 7.67. The van der Waals surface area contributed by atoms with Gasteiger partial charge in [0.1, 0.15) is 23.7 Å². The van der Waals surface area contributed by atoms with Crippen molar-refractivity contribution in [2.45, 2.75) is 143 Å². The van der Waals surface area contributed by atoms with Gasteiger partial charge < -0.3 is 20.1 Å². The number of benzene rings is 2. The Morgan fingerprint density at radius 2 is 1.43 bits per heavy atom. The van der Waals surface area contributed by atoms with Crippen molar-refractivity contribution < 1.29 is 9.47 Å². The first-order valence-electron chi connectivity index (χ1n) is 15.6. The zero-order valence-corrected chi connectivity index (χ0v) is 27.4. The zero-order valence-electron chi connectivity index (χ0n) is 27.4. The van der Waals surface area contributed by atoms with Gasteiger partial charge in [-0.1, -0.05) is 65.8 Å². The minimum absolute atomic E-state index is 0.0356. The Hall–Kier alpha value is -2.04. The molecule has 0 spiro atoms. The maximum Gasteiger partial charge on any atom is 0.120 e. The molecule has 40 heavy (non-hydrogen) atoms. The minimum atomic E-state index is 0.0356. The van der Waals surface area contributed by atoms with Gasteiger partial charge in [0.15, 0.2) is 0 Å². The van der Waals surface area contributed by atoms with E-state index in [0.717, 1.165) is 43.7 Å². The molecule has 0 aromatic heterocycles. The summed E-state index contributed by atoms with van der Waals surface area (Å²) in [6.45, 7) is 25.8. The van der Waals surface area contributed by atoms with Crippen molar-refractivity contribution in [2.75, 3.05) is 6.54 Å². The molecule has 1 saturated carbocycles. The number of nitrogens with one attached hydrogen (secondary N) is 2. The molecule has 4 nitrogen and oxygen atoms in total. The van der Waals surface area contributed by atoms with Gasteiger partial charge in [0, 0.05) is 23.7 Å². The number of hydrogen-bond acceptors (Lipinski definition) is 4. The predicted octanol–water partition coefficient (Wildman–Crippen LogP) is 8.64. The van der Waals surface area contributed by atoms with Crippen molar-refractivity contribution >= 4 is 0 Å². The SMILES string of the molecule is CC(C)[C@H](C)c1cccc(O[C@@H](C)CNC(C)(C)CCC(C)(C)NC2CC(Oc3cccc(C(C)(C)C)c3)C2)c1. The van der Waals surface area contributed by atoms with Gasteiger partial charge in [-0.25, -0.2) is 0 Å². The molecule has 224 valence electrons. The Labute approximate surface area is 246 Å². The Morgan fingerprint density at radius 3 is 2.08 bits per heavy atom. The lowest BCUT2D eigenvalue weighted by molar-refractivity contribution is 0.0685. The maximum atomic E-state index is 6.31. The standard InChI is InChI=1S/C36H58N2O2/c1-25(2)27(4)28-14-12-16-31(20-28)39-26(3)24-37-35(8,9)18-19-36(10,11)38-30-22-33(23-30)40-32-17-13-15-29(21-32)34(5,6)7/h12-17,20-21,25-27,30,33,37-38H,18-19,22-24H2,1-11H3/t26-,27-,30?,33?/m0/s1. The van der Waals surface area contributed by atoms with E-state index in [1.165, 1.54) is 11.1 Å². The molecule has 0 heterocycles. The van der Waals surface area contributed by atoms with Crippen LogP contribution in [0.1, 0.15) is 119 Å². The van der Waals surface area contributed by atoms with Crippen molar-refractivity contribution in [3.8, 4) is 11.5 Å². The summed E-state index contributed by atoms with van der Waals surface area (Å²) < 4.78 is 12.6. The molecule has 0 amide bonds. The monoisotopic (exact) mass is 550 g/mol. The molecular formula is C36H58N2O2. The third-order valence-corrected chi connectivity index (χ3v) is 8.66. The van der Waals surface area contributed by atoms with Crippen LogP contribution in [0.2, 0.25) is 0 Å². The largest absolute Gasteiger partial charge is 0.490 e. The van der Waals surface area contributed by atoms with E-state index >= 15 is 0 Å². The van der Waals surface area contributed by atoms with E-state index in [9.17, 15) is 0 Å². The van der Waals surface area contributed by atoms with Crippen molar-refractivity contribution in [1.82, 2.24) is 10.6 Å². The molecule has 3 rings (SSSR count). The van der Waals surface area contributed by atoms with Crippen LogP contribution in [0.3, 0.4) is 0 Å². The summed E-state index contributed by atoms with van der Waals surface area (Å²) in [4.78, 5) is 0. The fourth-order valence-corrected chi connectivity index (χ4v) is 5.30. The van der Waals surface area contributed by atoms with Crippen LogP contribution in [-0.2, 0) is 5.41 Å². The van der Waals surface area contributed by atoms with Gasteiger partial charge in [0.2, 0.25) is 0 Å². The van der Waals surface area contributed by atoms with Crippen molar-refractivity contribution in [1.29, 1.82) is 0 Å². The molecule has 0 unspecified atom stereocenters. The highest BCUT2D eigenvalue weighted by Crippen LogP contribution is 2.32. The highest BCUT2D eigenvalue weighted by Gasteiger charge is 2.35. The smallest absolute Gasteiger partial charge is 0.120 e. The third kappa shape index (κ3) is 10.1. The van der Waals surface area contributed by atoms with E-state index in [1.807, 2.05) is 0 Å². The predicted molar refractivity (Wildman–Crippen MR) is 171 cm³/mol.